The second-order valence-corrected chi connectivity index (χ2v) is 6.12. The van der Waals surface area contributed by atoms with Gasteiger partial charge in [0.2, 0.25) is 0 Å². The van der Waals surface area contributed by atoms with Crippen molar-refractivity contribution >= 4 is 17.2 Å². The highest BCUT2D eigenvalue weighted by Crippen LogP contribution is 2.26. The van der Waals surface area contributed by atoms with E-state index in [0.717, 1.165) is 16.9 Å². The van der Waals surface area contributed by atoms with Gasteiger partial charge in [0.25, 0.3) is 5.91 Å². The van der Waals surface area contributed by atoms with Crippen molar-refractivity contribution in [2.75, 3.05) is 0 Å². The van der Waals surface area contributed by atoms with Gasteiger partial charge in [0.15, 0.2) is 5.01 Å². The van der Waals surface area contributed by atoms with E-state index in [-0.39, 0.29) is 11.4 Å². The van der Waals surface area contributed by atoms with Crippen molar-refractivity contribution in [1.29, 1.82) is 0 Å². The fourth-order valence-electron chi connectivity index (χ4n) is 1.56. The molecule has 1 amide bonds. The number of thiazole rings is 1. The first-order valence-electron chi connectivity index (χ1n) is 6.35. The molecule has 0 fully saturated rings. The van der Waals surface area contributed by atoms with E-state index in [1.807, 2.05) is 44.2 Å². The molecule has 0 spiro atoms. The lowest BCUT2D eigenvalue weighted by atomic mass is 10.0. The second kappa shape index (κ2) is 5.53. The molecule has 19 heavy (non-hydrogen) atoms. The lowest BCUT2D eigenvalue weighted by Gasteiger charge is -2.23. The average Bonchev–Trinajstić information content (AvgIpc) is 2.89. The highest BCUT2D eigenvalue weighted by atomic mass is 32.1. The molecule has 2 rings (SSSR count). The quantitative estimate of drug-likeness (QED) is 0.923. The van der Waals surface area contributed by atoms with E-state index < -0.39 is 0 Å². The number of carbonyl (C=O) groups excluding carboxylic acids is 1. The zero-order chi connectivity index (χ0) is 13.9. The van der Waals surface area contributed by atoms with Crippen molar-refractivity contribution in [3.63, 3.8) is 0 Å². The minimum atomic E-state index is -0.199. The normalized spacial score (nSPS) is 11.3. The fourth-order valence-corrected chi connectivity index (χ4v) is 2.38. The van der Waals surface area contributed by atoms with Crippen LogP contribution < -0.4 is 5.32 Å². The van der Waals surface area contributed by atoms with E-state index in [9.17, 15) is 4.79 Å². The molecular weight excluding hydrogens is 256 g/mol. The Morgan fingerprint density at radius 3 is 2.63 bits per heavy atom. The van der Waals surface area contributed by atoms with Crippen LogP contribution in [0.25, 0.3) is 10.4 Å². The maximum atomic E-state index is 12.1. The third kappa shape index (κ3) is 3.41. The van der Waals surface area contributed by atoms with Crippen LogP contribution >= 0.6 is 11.3 Å². The van der Waals surface area contributed by atoms with Crippen LogP contribution in [-0.4, -0.2) is 16.4 Å². The van der Waals surface area contributed by atoms with Crippen LogP contribution in [0, 0.1) is 0 Å². The smallest absolute Gasteiger partial charge is 0.280 e. The number of nitrogens with zero attached hydrogens (tertiary/aromatic N) is 1. The van der Waals surface area contributed by atoms with Gasteiger partial charge < -0.3 is 5.32 Å². The first kappa shape index (κ1) is 13.7. The zero-order valence-corrected chi connectivity index (χ0v) is 12.3. The summed E-state index contributed by atoms with van der Waals surface area (Å²) in [6.07, 6.45) is 2.64. The van der Waals surface area contributed by atoms with Gasteiger partial charge in [-0.25, -0.2) is 4.98 Å². The van der Waals surface area contributed by atoms with Crippen molar-refractivity contribution < 1.29 is 4.79 Å². The van der Waals surface area contributed by atoms with E-state index in [1.165, 1.54) is 11.3 Å². The van der Waals surface area contributed by atoms with E-state index in [2.05, 4.69) is 17.2 Å². The number of hydrogen-bond donors (Lipinski definition) is 1. The number of nitrogens with one attached hydrogen (secondary N) is 1. The molecule has 1 aromatic carbocycles. The van der Waals surface area contributed by atoms with Gasteiger partial charge >= 0.3 is 0 Å². The number of benzene rings is 1. The van der Waals surface area contributed by atoms with E-state index in [1.54, 1.807) is 6.20 Å². The van der Waals surface area contributed by atoms with E-state index in [0.29, 0.717) is 5.01 Å². The molecular formula is C15H18N2OS. The predicted molar refractivity (Wildman–Crippen MR) is 79.4 cm³/mol. The molecule has 0 saturated heterocycles. The summed E-state index contributed by atoms with van der Waals surface area (Å²) >= 11 is 1.42. The first-order valence-corrected chi connectivity index (χ1v) is 7.17. The summed E-state index contributed by atoms with van der Waals surface area (Å²) < 4.78 is 0. The summed E-state index contributed by atoms with van der Waals surface area (Å²) in [5.74, 6) is -0.0981. The summed E-state index contributed by atoms with van der Waals surface area (Å²) in [5.41, 5.74) is 0.893. The minimum absolute atomic E-state index is 0.0981. The summed E-state index contributed by atoms with van der Waals surface area (Å²) in [5, 5.41) is 3.51. The molecule has 3 nitrogen and oxygen atoms in total. The standard InChI is InChI=1S/C15H18N2OS/c1-4-15(2,3)17-13(18)14-16-10-12(19-14)11-8-6-5-7-9-11/h5-10H,4H2,1-3H3,(H,17,18). The molecule has 100 valence electrons. The SMILES string of the molecule is CCC(C)(C)NC(=O)c1ncc(-c2ccccc2)s1. The summed E-state index contributed by atoms with van der Waals surface area (Å²) in [4.78, 5) is 17.3. The molecule has 0 bridgehead atoms. The van der Waals surface area contributed by atoms with Crippen LogP contribution in [0.15, 0.2) is 36.5 Å². The van der Waals surface area contributed by atoms with Crippen LogP contribution in [0.3, 0.4) is 0 Å². The Bertz CT molecular complexity index is 561. The molecule has 0 unspecified atom stereocenters. The summed E-state index contributed by atoms with van der Waals surface area (Å²) in [6.45, 7) is 6.07. The fraction of sp³-hybridized carbons (Fsp3) is 0.333. The van der Waals surface area contributed by atoms with Crippen molar-refractivity contribution in [2.45, 2.75) is 32.7 Å². The maximum absolute atomic E-state index is 12.1. The Morgan fingerprint density at radius 1 is 1.32 bits per heavy atom. The topological polar surface area (TPSA) is 42.0 Å². The molecule has 0 aliphatic carbocycles. The highest BCUT2D eigenvalue weighted by Gasteiger charge is 2.21. The molecule has 0 aliphatic rings. The van der Waals surface area contributed by atoms with Crippen molar-refractivity contribution in [1.82, 2.24) is 10.3 Å². The molecule has 2 aromatic rings. The van der Waals surface area contributed by atoms with Crippen molar-refractivity contribution in [3.05, 3.63) is 41.5 Å². The van der Waals surface area contributed by atoms with Crippen LogP contribution in [0.2, 0.25) is 0 Å². The van der Waals surface area contributed by atoms with Gasteiger partial charge in [-0.15, -0.1) is 11.3 Å². The number of amides is 1. The third-order valence-corrected chi connectivity index (χ3v) is 4.14. The lowest BCUT2D eigenvalue weighted by molar-refractivity contribution is 0.0911. The summed E-state index contributed by atoms with van der Waals surface area (Å²) in [6, 6.07) is 9.97. The van der Waals surface area contributed by atoms with Crippen molar-refractivity contribution in [3.8, 4) is 10.4 Å². The number of carbonyl (C=O) groups is 1. The minimum Gasteiger partial charge on any atom is -0.345 e. The van der Waals surface area contributed by atoms with Crippen molar-refractivity contribution in [2.24, 2.45) is 0 Å². The average molecular weight is 274 g/mol. The van der Waals surface area contributed by atoms with E-state index in [4.69, 9.17) is 0 Å². The molecule has 0 radical (unpaired) electrons. The predicted octanol–water partition coefficient (Wildman–Crippen LogP) is 3.73. The van der Waals surface area contributed by atoms with E-state index >= 15 is 0 Å². The Morgan fingerprint density at radius 2 is 2.00 bits per heavy atom. The van der Waals surface area contributed by atoms with Gasteiger partial charge in [-0.2, -0.15) is 0 Å². The van der Waals surface area contributed by atoms with Crippen LogP contribution in [0.5, 0.6) is 0 Å². The maximum Gasteiger partial charge on any atom is 0.280 e. The molecule has 1 N–H and O–H groups in total. The van der Waals surface area contributed by atoms with Crippen LogP contribution in [0.4, 0.5) is 0 Å². The monoisotopic (exact) mass is 274 g/mol. The zero-order valence-electron chi connectivity index (χ0n) is 11.4. The third-order valence-electron chi connectivity index (χ3n) is 3.09. The van der Waals surface area contributed by atoms with Gasteiger partial charge in [-0.1, -0.05) is 37.3 Å². The van der Waals surface area contributed by atoms with Crippen LogP contribution in [-0.2, 0) is 0 Å². The highest BCUT2D eigenvalue weighted by molar-refractivity contribution is 7.16. The van der Waals surface area contributed by atoms with Gasteiger partial charge in [0, 0.05) is 11.7 Å². The Balaban J connectivity index is 2.16. The molecule has 0 aliphatic heterocycles. The molecule has 1 aromatic heterocycles. The molecule has 0 saturated carbocycles. The van der Waals surface area contributed by atoms with Gasteiger partial charge in [-0.3, -0.25) is 4.79 Å². The number of rotatable bonds is 4. The Kier molecular flexibility index (Phi) is 4.00. The van der Waals surface area contributed by atoms with Crippen LogP contribution in [0.1, 0.15) is 37.0 Å². The number of hydrogen-bond acceptors (Lipinski definition) is 3. The van der Waals surface area contributed by atoms with Gasteiger partial charge in [0.1, 0.15) is 0 Å². The Labute approximate surface area is 117 Å². The molecule has 1 heterocycles. The number of aromatic nitrogens is 1. The second-order valence-electron chi connectivity index (χ2n) is 5.09. The molecule has 4 heteroatoms. The molecule has 0 atom stereocenters. The largest absolute Gasteiger partial charge is 0.345 e. The summed E-state index contributed by atoms with van der Waals surface area (Å²) in [7, 11) is 0. The lowest BCUT2D eigenvalue weighted by Crippen LogP contribution is -2.42. The van der Waals surface area contributed by atoms with Gasteiger partial charge in [0.05, 0.1) is 4.88 Å². The first-order chi connectivity index (χ1) is 9.02. The Hall–Kier alpha value is -1.68. The van der Waals surface area contributed by atoms with Gasteiger partial charge in [-0.05, 0) is 25.8 Å².